The van der Waals surface area contributed by atoms with Crippen molar-refractivity contribution in [2.45, 2.75) is 6.92 Å². The molecular weight excluding hydrogens is 181 g/mol. The molecule has 0 radical (unpaired) electrons. The van der Waals surface area contributed by atoms with Gasteiger partial charge in [0.15, 0.2) is 0 Å². The Morgan fingerprint density at radius 1 is 1.60 bits per heavy atom. The van der Waals surface area contributed by atoms with Gasteiger partial charge in [-0.1, -0.05) is 6.92 Å². The van der Waals surface area contributed by atoms with Gasteiger partial charge in [-0.25, -0.2) is 0 Å². The van der Waals surface area contributed by atoms with Gasteiger partial charge in [-0.15, -0.1) is 0 Å². The quantitative estimate of drug-likeness (QED) is 0.303. The van der Waals surface area contributed by atoms with Crippen LogP contribution in [0.15, 0.2) is 6.08 Å². The van der Waals surface area contributed by atoms with Crippen molar-refractivity contribution in [2.24, 2.45) is 0 Å². The van der Waals surface area contributed by atoms with E-state index < -0.39 is 0 Å². The van der Waals surface area contributed by atoms with E-state index in [1.165, 1.54) is 6.08 Å². The molecule has 2 heteroatoms. The number of hydrogen-bond donors (Lipinski definition) is 0. The van der Waals surface area contributed by atoms with Gasteiger partial charge in [-0.2, -0.15) is 0 Å². The van der Waals surface area contributed by atoms with Crippen LogP contribution in [0.3, 0.4) is 0 Å². The van der Waals surface area contributed by atoms with E-state index in [-0.39, 0.29) is 36.5 Å². The van der Waals surface area contributed by atoms with Crippen LogP contribution in [0, 0.1) is 6.58 Å². The van der Waals surface area contributed by atoms with E-state index in [0.717, 1.165) is 0 Å². The van der Waals surface area contributed by atoms with Gasteiger partial charge in [0.2, 0.25) is 0 Å². The van der Waals surface area contributed by atoms with Crippen LogP contribution in [0.25, 0.3) is 0 Å². The molecule has 0 rings (SSSR count). The second-order valence-electron chi connectivity index (χ2n) is 0.333. The first-order chi connectivity index (χ1) is 1.41. The van der Waals surface area contributed by atoms with E-state index in [2.05, 4.69) is 0 Å². The fraction of sp³-hybridized carbons (Fsp3) is 0.333. The largest absolute Gasteiger partial charge is 2.00 e. The molecule has 5 heavy (non-hydrogen) atoms. The van der Waals surface area contributed by atoms with Crippen molar-refractivity contribution in [3.05, 3.63) is 12.7 Å². The van der Waals surface area contributed by atoms with Gasteiger partial charge >= 0.3 is 19.5 Å². The minimum atomic E-state index is 0. The summed E-state index contributed by atoms with van der Waals surface area (Å²) in [6, 6.07) is 0. The molecule has 0 spiro atoms. The second-order valence-corrected chi connectivity index (χ2v) is 0.333. The zero-order valence-corrected chi connectivity index (χ0v) is 7.79. The van der Waals surface area contributed by atoms with Crippen molar-refractivity contribution in [3.8, 4) is 0 Å². The summed E-state index contributed by atoms with van der Waals surface area (Å²) in [6.45, 7) is 6.50. The summed E-state index contributed by atoms with van der Waals surface area (Å²) < 4.78 is 0. The Kier molecular flexibility index (Phi) is 71.4. The van der Waals surface area contributed by atoms with Crippen LogP contribution in [0.1, 0.15) is 6.92 Å². The Balaban J connectivity index is -0.0000000200. The van der Waals surface area contributed by atoms with Gasteiger partial charge in [-0.05, 0) is 0 Å². The number of hydrogen-bond acceptors (Lipinski definition) is 0. The maximum absolute atomic E-state index is 4.72. The van der Waals surface area contributed by atoms with Crippen molar-refractivity contribution >= 4 is 0 Å². The summed E-state index contributed by atoms with van der Waals surface area (Å²) in [5.41, 5.74) is 0. The van der Waals surface area contributed by atoms with Crippen molar-refractivity contribution in [1.29, 1.82) is 0 Å². The van der Waals surface area contributed by atoms with Gasteiger partial charge in [0, 0.05) is 0 Å². The van der Waals surface area contributed by atoms with Crippen molar-refractivity contribution < 1.29 is 36.5 Å². The molecule has 26 valence electrons. The average Bonchev–Trinajstić information content (AvgIpc) is 0.918. The van der Waals surface area contributed by atoms with E-state index in [0.29, 0.717) is 0 Å². The topological polar surface area (TPSA) is 0 Å². The maximum atomic E-state index is 4.72. The van der Waals surface area contributed by atoms with Crippen LogP contribution >= 0.6 is 0 Å². The predicted octanol–water partition coefficient (Wildman–Crippen LogP) is -2.00. The molecule has 0 nitrogen and oxygen atoms in total. The predicted molar refractivity (Wildman–Crippen MR) is 14.5 cm³/mol. The van der Waals surface area contributed by atoms with Crippen LogP contribution < -0.4 is 17.0 Å². The Labute approximate surface area is 56.2 Å². The van der Waals surface area contributed by atoms with Crippen molar-refractivity contribution in [3.63, 3.8) is 0 Å². The Morgan fingerprint density at radius 2 is 1.60 bits per heavy atom. The monoisotopic (exact) mass is 184 g/mol. The van der Waals surface area contributed by atoms with Crippen molar-refractivity contribution in [1.82, 2.24) is 0 Å². The molecule has 0 aliphatic carbocycles. The fourth-order valence-corrected chi connectivity index (χ4v) is 0. The smallest absolute Gasteiger partial charge is 1.00 e. The molecular formula is C3H5BrZn. The van der Waals surface area contributed by atoms with Gasteiger partial charge in [0.05, 0.1) is 0 Å². The van der Waals surface area contributed by atoms with E-state index in [1.807, 2.05) is 0 Å². The molecule has 0 fully saturated rings. The van der Waals surface area contributed by atoms with E-state index in [4.69, 9.17) is 6.58 Å². The first-order valence-corrected chi connectivity index (χ1v) is 0.911. The van der Waals surface area contributed by atoms with Gasteiger partial charge in [0.25, 0.3) is 0 Å². The molecule has 0 unspecified atom stereocenters. The maximum Gasteiger partial charge on any atom is 2.00 e. The minimum Gasteiger partial charge on any atom is -1.00 e. The Hall–Kier alpha value is 0.843. The third kappa shape index (κ3) is 55.1. The van der Waals surface area contributed by atoms with Gasteiger partial charge in [-0.3, -0.25) is 6.08 Å². The second kappa shape index (κ2) is 21.1. The molecule has 0 heterocycles. The zero-order valence-electron chi connectivity index (χ0n) is 3.24. The molecule has 0 aromatic heterocycles. The molecule has 0 bridgehead atoms. The third-order valence-corrected chi connectivity index (χ3v) is 0. The molecule has 0 saturated heterocycles. The number of allylic oxidation sites excluding steroid dienone is 1. The first-order valence-electron chi connectivity index (χ1n) is 0.911. The summed E-state index contributed by atoms with van der Waals surface area (Å²) in [7, 11) is 0. The molecule has 0 N–H and O–H groups in total. The van der Waals surface area contributed by atoms with E-state index in [9.17, 15) is 0 Å². The van der Waals surface area contributed by atoms with Crippen LogP contribution in [0.2, 0.25) is 0 Å². The summed E-state index contributed by atoms with van der Waals surface area (Å²) in [5.74, 6) is 0. The van der Waals surface area contributed by atoms with E-state index in [1.54, 1.807) is 6.92 Å². The normalized spacial score (nSPS) is 2.60. The number of halogens is 1. The Bertz CT molecular complexity index is 14.4. The standard InChI is InChI=1S/C3H5.BrH.Zn/c1-3-2;;/h1,3H,2H3;1H;/q-1;;+2/p-1. The minimum absolute atomic E-state index is 0. The zero-order chi connectivity index (χ0) is 2.71. The van der Waals surface area contributed by atoms with Crippen LogP contribution in [0.5, 0.6) is 0 Å². The van der Waals surface area contributed by atoms with Crippen LogP contribution in [0.4, 0.5) is 0 Å². The van der Waals surface area contributed by atoms with Crippen molar-refractivity contribution in [2.75, 3.05) is 0 Å². The summed E-state index contributed by atoms with van der Waals surface area (Å²) >= 11 is 0. The SMILES string of the molecule is [Br-].[CH-]=CC.[Zn+2]. The molecule has 0 saturated carbocycles. The third-order valence-electron chi connectivity index (χ3n) is 0. The molecule has 0 aromatic carbocycles. The Morgan fingerprint density at radius 3 is 1.60 bits per heavy atom. The van der Waals surface area contributed by atoms with Crippen LogP contribution in [-0.4, -0.2) is 0 Å². The van der Waals surface area contributed by atoms with Gasteiger partial charge in [0.1, 0.15) is 0 Å². The van der Waals surface area contributed by atoms with E-state index >= 15 is 0 Å². The molecule has 0 aliphatic heterocycles. The summed E-state index contributed by atoms with van der Waals surface area (Å²) in [6.07, 6.45) is 1.50. The summed E-state index contributed by atoms with van der Waals surface area (Å²) in [4.78, 5) is 0. The molecule has 0 aliphatic rings. The molecule has 0 aromatic rings. The van der Waals surface area contributed by atoms with Crippen LogP contribution in [-0.2, 0) is 19.5 Å². The first kappa shape index (κ1) is 17.0. The summed E-state index contributed by atoms with van der Waals surface area (Å²) in [5, 5.41) is 0. The number of rotatable bonds is 0. The average molecular weight is 186 g/mol. The van der Waals surface area contributed by atoms with Gasteiger partial charge < -0.3 is 23.6 Å². The fourth-order valence-electron chi connectivity index (χ4n) is 0. The molecule has 0 amide bonds. The molecule has 0 atom stereocenters.